The molecule has 2 heterocycles. The van der Waals surface area contributed by atoms with Crippen LogP contribution in [0.5, 0.6) is 5.75 Å². The number of nitriles is 1. The predicted molar refractivity (Wildman–Crippen MR) is 105 cm³/mol. The van der Waals surface area contributed by atoms with Crippen molar-refractivity contribution in [2.24, 2.45) is 0 Å². The number of halogens is 3. The molecule has 1 fully saturated rings. The molecule has 1 aliphatic carbocycles. The molecular formula is C22H24F3N3O3. The SMILES string of the molecule is N#CC1=C(N2CCOCC2)CC2(CCc3cc(OCCCC(F)(F)F)ccc32)NC1=O. The number of amides is 1. The Labute approximate surface area is 178 Å². The first-order valence-electron chi connectivity index (χ1n) is 10.4. The Bertz CT molecular complexity index is 932. The van der Waals surface area contributed by atoms with Crippen molar-refractivity contribution in [3.05, 3.63) is 40.6 Å². The number of nitrogens with zero attached hydrogens (tertiary/aromatic N) is 2. The molecule has 1 amide bonds. The lowest BCUT2D eigenvalue weighted by molar-refractivity contribution is -0.136. The summed E-state index contributed by atoms with van der Waals surface area (Å²) in [5.41, 5.74) is 2.32. The molecule has 2 aliphatic heterocycles. The number of fused-ring (bicyclic) bond motifs is 2. The van der Waals surface area contributed by atoms with E-state index in [4.69, 9.17) is 9.47 Å². The Balaban J connectivity index is 1.52. The minimum Gasteiger partial charge on any atom is -0.494 e. The van der Waals surface area contributed by atoms with Gasteiger partial charge in [-0.3, -0.25) is 4.79 Å². The number of aryl methyl sites for hydroxylation is 1. The van der Waals surface area contributed by atoms with Gasteiger partial charge in [0.15, 0.2) is 0 Å². The van der Waals surface area contributed by atoms with E-state index >= 15 is 0 Å². The number of morpholine rings is 1. The van der Waals surface area contributed by atoms with E-state index in [1.807, 2.05) is 12.1 Å². The molecule has 0 bridgehead atoms. The van der Waals surface area contributed by atoms with E-state index < -0.39 is 18.1 Å². The van der Waals surface area contributed by atoms with E-state index in [0.29, 0.717) is 51.3 Å². The van der Waals surface area contributed by atoms with E-state index in [2.05, 4.69) is 16.3 Å². The van der Waals surface area contributed by atoms with Crippen LogP contribution < -0.4 is 10.1 Å². The molecule has 1 spiro atoms. The molecule has 31 heavy (non-hydrogen) atoms. The minimum atomic E-state index is -4.18. The molecule has 1 aromatic carbocycles. The number of ether oxygens (including phenoxy) is 2. The van der Waals surface area contributed by atoms with Crippen molar-refractivity contribution in [2.75, 3.05) is 32.9 Å². The van der Waals surface area contributed by atoms with E-state index in [-0.39, 0.29) is 24.5 Å². The highest BCUT2D eigenvalue weighted by molar-refractivity contribution is 5.99. The minimum absolute atomic E-state index is 0.00434. The summed E-state index contributed by atoms with van der Waals surface area (Å²) in [6, 6.07) is 7.54. The molecular weight excluding hydrogens is 411 g/mol. The van der Waals surface area contributed by atoms with E-state index in [0.717, 1.165) is 16.8 Å². The average molecular weight is 435 g/mol. The first kappa shape index (κ1) is 21.5. The zero-order chi connectivity index (χ0) is 22.1. The number of hydrogen-bond donors (Lipinski definition) is 1. The number of rotatable bonds is 5. The number of carbonyl (C=O) groups is 1. The molecule has 9 heteroatoms. The van der Waals surface area contributed by atoms with Crippen molar-refractivity contribution in [3.63, 3.8) is 0 Å². The summed E-state index contributed by atoms with van der Waals surface area (Å²) >= 11 is 0. The lowest BCUT2D eigenvalue weighted by Crippen LogP contribution is -2.51. The fourth-order valence-corrected chi connectivity index (χ4v) is 4.64. The van der Waals surface area contributed by atoms with Gasteiger partial charge in [0, 0.05) is 31.6 Å². The largest absolute Gasteiger partial charge is 0.494 e. The molecule has 1 aromatic rings. The van der Waals surface area contributed by atoms with Crippen LogP contribution in [0.1, 0.15) is 36.8 Å². The fraction of sp³-hybridized carbons (Fsp3) is 0.545. The van der Waals surface area contributed by atoms with Crippen molar-refractivity contribution in [1.82, 2.24) is 10.2 Å². The topological polar surface area (TPSA) is 74.6 Å². The van der Waals surface area contributed by atoms with Crippen molar-refractivity contribution in [3.8, 4) is 11.8 Å². The lowest BCUT2D eigenvalue weighted by atomic mass is 9.82. The summed E-state index contributed by atoms with van der Waals surface area (Å²) in [5.74, 6) is 0.164. The molecule has 0 aromatic heterocycles. The van der Waals surface area contributed by atoms with Gasteiger partial charge in [0.2, 0.25) is 0 Å². The molecule has 0 radical (unpaired) electrons. The summed E-state index contributed by atoms with van der Waals surface area (Å²) in [7, 11) is 0. The maximum atomic E-state index is 12.8. The highest BCUT2D eigenvalue weighted by Crippen LogP contribution is 2.45. The van der Waals surface area contributed by atoms with Crippen LogP contribution in [0, 0.1) is 11.3 Å². The molecule has 1 saturated heterocycles. The highest BCUT2D eigenvalue weighted by Gasteiger charge is 2.46. The number of carbonyl (C=O) groups excluding carboxylic acids is 1. The third kappa shape index (κ3) is 4.49. The first-order valence-corrected chi connectivity index (χ1v) is 10.4. The maximum absolute atomic E-state index is 12.8. The Hall–Kier alpha value is -2.73. The van der Waals surface area contributed by atoms with Crippen molar-refractivity contribution < 1.29 is 27.4 Å². The average Bonchev–Trinajstić information content (AvgIpc) is 3.08. The van der Waals surface area contributed by atoms with Gasteiger partial charge >= 0.3 is 6.18 Å². The lowest BCUT2D eigenvalue weighted by Gasteiger charge is -2.41. The highest BCUT2D eigenvalue weighted by atomic mass is 19.4. The van der Waals surface area contributed by atoms with Crippen LogP contribution in [0.4, 0.5) is 13.2 Å². The molecule has 1 atom stereocenters. The quantitative estimate of drug-likeness (QED) is 0.720. The van der Waals surface area contributed by atoms with Crippen LogP contribution in [0.25, 0.3) is 0 Å². The second-order valence-electron chi connectivity index (χ2n) is 8.13. The van der Waals surface area contributed by atoms with E-state index in [9.17, 15) is 23.2 Å². The summed E-state index contributed by atoms with van der Waals surface area (Å²) in [4.78, 5) is 14.9. The number of nitrogens with one attached hydrogen (secondary N) is 1. The summed E-state index contributed by atoms with van der Waals surface area (Å²) in [6.07, 6.45) is -3.21. The molecule has 3 aliphatic rings. The van der Waals surface area contributed by atoms with Crippen molar-refractivity contribution >= 4 is 5.91 Å². The summed E-state index contributed by atoms with van der Waals surface area (Å²) in [6.45, 7) is 2.39. The molecule has 6 nitrogen and oxygen atoms in total. The van der Waals surface area contributed by atoms with E-state index in [1.54, 1.807) is 6.07 Å². The van der Waals surface area contributed by atoms with Gasteiger partial charge in [-0.15, -0.1) is 0 Å². The fourth-order valence-electron chi connectivity index (χ4n) is 4.64. The first-order chi connectivity index (χ1) is 14.8. The van der Waals surface area contributed by atoms with Gasteiger partial charge in [-0.1, -0.05) is 6.07 Å². The third-order valence-electron chi connectivity index (χ3n) is 6.13. The van der Waals surface area contributed by atoms with Crippen LogP contribution in [0.3, 0.4) is 0 Å². The van der Waals surface area contributed by atoms with Gasteiger partial charge in [0.05, 0.1) is 25.4 Å². The van der Waals surface area contributed by atoms with Gasteiger partial charge in [-0.25, -0.2) is 0 Å². The molecule has 0 saturated carbocycles. The van der Waals surface area contributed by atoms with Crippen LogP contribution in [0.2, 0.25) is 0 Å². The summed E-state index contributed by atoms with van der Waals surface area (Å²) < 4.78 is 47.8. The standard InChI is InChI=1S/C22H24F3N3O3/c23-22(24,25)5-1-9-31-16-2-3-18-15(12-16)4-6-21(18)13-19(17(14-26)20(29)27-21)28-7-10-30-11-8-28/h2-3,12H,1,4-11,13H2,(H,27,29). The normalized spacial score (nSPS) is 23.5. The van der Waals surface area contributed by atoms with Gasteiger partial charge in [-0.05, 0) is 42.5 Å². The molecule has 4 rings (SSSR count). The van der Waals surface area contributed by atoms with Gasteiger partial charge in [0.25, 0.3) is 5.91 Å². The zero-order valence-electron chi connectivity index (χ0n) is 17.1. The Morgan fingerprint density at radius 1 is 1.29 bits per heavy atom. The monoisotopic (exact) mass is 435 g/mol. The van der Waals surface area contributed by atoms with Gasteiger partial charge in [-0.2, -0.15) is 18.4 Å². The van der Waals surface area contributed by atoms with Crippen LogP contribution in [-0.2, 0) is 21.5 Å². The Kier molecular flexibility index (Phi) is 5.84. The number of alkyl halides is 3. The second kappa shape index (κ2) is 8.42. The number of benzene rings is 1. The number of hydrogen-bond acceptors (Lipinski definition) is 5. The molecule has 1 N–H and O–H groups in total. The van der Waals surface area contributed by atoms with Crippen molar-refractivity contribution in [2.45, 2.75) is 43.8 Å². The zero-order valence-corrected chi connectivity index (χ0v) is 17.1. The maximum Gasteiger partial charge on any atom is 0.389 e. The predicted octanol–water partition coefficient (Wildman–Crippen LogP) is 3.18. The third-order valence-corrected chi connectivity index (χ3v) is 6.13. The van der Waals surface area contributed by atoms with E-state index in [1.165, 1.54) is 0 Å². The Morgan fingerprint density at radius 3 is 2.77 bits per heavy atom. The van der Waals surface area contributed by atoms with Crippen LogP contribution in [0.15, 0.2) is 29.5 Å². The smallest absolute Gasteiger partial charge is 0.389 e. The second-order valence-corrected chi connectivity index (χ2v) is 8.13. The van der Waals surface area contributed by atoms with Gasteiger partial charge < -0.3 is 19.7 Å². The van der Waals surface area contributed by atoms with Crippen LogP contribution in [-0.4, -0.2) is 49.9 Å². The molecule has 1 unspecified atom stereocenters. The Morgan fingerprint density at radius 2 is 2.06 bits per heavy atom. The van der Waals surface area contributed by atoms with Crippen LogP contribution >= 0.6 is 0 Å². The van der Waals surface area contributed by atoms with Gasteiger partial charge in [0.1, 0.15) is 17.4 Å². The molecule has 166 valence electrons. The van der Waals surface area contributed by atoms with Crippen molar-refractivity contribution in [1.29, 1.82) is 5.26 Å². The summed E-state index contributed by atoms with van der Waals surface area (Å²) in [5, 5.41) is 12.6.